The molecule has 0 saturated carbocycles. The van der Waals surface area contributed by atoms with E-state index in [1.165, 1.54) is 36.7 Å². The van der Waals surface area contributed by atoms with Crippen LogP contribution in [0.1, 0.15) is 0 Å². The molecule has 1 aromatic heterocycles. The zero-order valence-electron chi connectivity index (χ0n) is 13.7. The van der Waals surface area contributed by atoms with Gasteiger partial charge in [0.15, 0.2) is 5.44 Å². The topological polar surface area (TPSA) is 92.0 Å². The summed E-state index contributed by atoms with van der Waals surface area (Å²) in [5, 5.41) is 29.3. The number of aliphatic hydroxyl groups excluding tert-OH is 3. The Morgan fingerprint density at radius 3 is 2.33 bits per heavy atom. The van der Waals surface area contributed by atoms with Crippen LogP contribution in [0.3, 0.4) is 0 Å². The van der Waals surface area contributed by atoms with Crippen molar-refractivity contribution in [2.24, 2.45) is 0 Å². The van der Waals surface area contributed by atoms with Crippen LogP contribution in [-0.4, -0.2) is 56.2 Å². The fourth-order valence-corrected chi connectivity index (χ4v) is 3.63. The molecule has 1 aliphatic rings. The minimum Gasteiger partial charge on any atom is -0.475 e. The molecule has 1 aliphatic heterocycles. The van der Waals surface area contributed by atoms with Crippen LogP contribution in [0.4, 0.5) is 13.2 Å². The lowest BCUT2D eigenvalue weighted by atomic mass is 10.1. The number of thioether (sulfide) groups is 1. The number of benzene rings is 1. The molecule has 27 heavy (non-hydrogen) atoms. The molecule has 4 atom stereocenters. The van der Waals surface area contributed by atoms with Crippen LogP contribution in [0, 0.1) is 0 Å². The molecule has 2 aromatic rings. The molecule has 3 rings (SSSR count). The quantitative estimate of drug-likeness (QED) is 0.721. The average molecular weight is 403 g/mol. The number of aromatic nitrogens is 1. The maximum Gasteiger partial charge on any atom is 0.573 e. The van der Waals surface area contributed by atoms with E-state index in [0.29, 0.717) is 16.9 Å². The average Bonchev–Trinajstić information content (AvgIpc) is 2.62. The number of alkyl halides is 3. The summed E-state index contributed by atoms with van der Waals surface area (Å²) in [5.74, 6) is 0.181. The van der Waals surface area contributed by atoms with Gasteiger partial charge in [0.1, 0.15) is 23.7 Å². The third kappa shape index (κ3) is 5.04. The molecule has 0 aliphatic carbocycles. The first kappa shape index (κ1) is 19.7. The number of hydrogen-bond acceptors (Lipinski definition) is 7. The van der Waals surface area contributed by atoms with Gasteiger partial charge in [-0.05, 0) is 23.8 Å². The van der Waals surface area contributed by atoms with Crippen molar-refractivity contribution in [1.29, 1.82) is 0 Å². The molecule has 0 amide bonds. The molecule has 6 nitrogen and oxygen atoms in total. The number of rotatable bonds is 4. The van der Waals surface area contributed by atoms with E-state index in [1.807, 2.05) is 0 Å². The summed E-state index contributed by atoms with van der Waals surface area (Å²) in [6.45, 7) is 0. The van der Waals surface area contributed by atoms with Crippen LogP contribution in [0.15, 0.2) is 42.7 Å². The van der Waals surface area contributed by atoms with Gasteiger partial charge in [-0.25, -0.2) is 0 Å². The Hall–Kier alpha value is -2.01. The summed E-state index contributed by atoms with van der Waals surface area (Å²) in [4.78, 5) is 4.03. The summed E-state index contributed by atoms with van der Waals surface area (Å²) in [6.07, 6.45) is -5.46. The van der Waals surface area contributed by atoms with Crippen LogP contribution in [-0.2, 0) is 0 Å². The third-order valence-electron chi connectivity index (χ3n) is 3.84. The number of aliphatic hydroxyl groups is 3. The van der Waals surface area contributed by atoms with Gasteiger partial charge in [0.05, 0.1) is 12.3 Å². The molecule has 0 spiro atoms. The Morgan fingerprint density at radius 1 is 0.963 bits per heavy atom. The predicted octanol–water partition coefficient (Wildman–Crippen LogP) is 2.18. The largest absolute Gasteiger partial charge is 0.573 e. The molecule has 0 unspecified atom stereocenters. The lowest BCUT2D eigenvalue weighted by Gasteiger charge is -2.34. The van der Waals surface area contributed by atoms with E-state index in [-0.39, 0.29) is 11.5 Å². The van der Waals surface area contributed by atoms with Gasteiger partial charge in [-0.3, -0.25) is 4.98 Å². The molecule has 0 radical (unpaired) electrons. The van der Waals surface area contributed by atoms with Crippen molar-refractivity contribution in [2.75, 3.05) is 5.75 Å². The Morgan fingerprint density at radius 2 is 1.67 bits per heavy atom. The Kier molecular flexibility index (Phi) is 5.80. The van der Waals surface area contributed by atoms with Crippen molar-refractivity contribution in [3.8, 4) is 22.6 Å². The van der Waals surface area contributed by atoms with Gasteiger partial charge >= 0.3 is 6.36 Å². The molecule has 146 valence electrons. The Labute approximate surface area is 156 Å². The van der Waals surface area contributed by atoms with Crippen molar-refractivity contribution in [1.82, 2.24) is 4.98 Å². The SMILES string of the molecule is O[C@@H]1[C@@H](O)[C@H](Oc2cncc(-c3ccc(OC(F)(F)F)cc3)c2)SC[C@H]1O. The highest BCUT2D eigenvalue weighted by Gasteiger charge is 2.38. The first-order valence-electron chi connectivity index (χ1n) is 7.86. The van der Waals surface area contributed by atoms with E-state index in [4.69, 9.17) is 4.74 Å². The smallest absolute Gasteiger partial charge is 0.475 e. The monoisotopic (exact) mass is 403 g/mol. The van der Waals surface area contributed by atoms with E-state index in [2.05, 4.69) is 9.72 Å². The highest BCUT2D eigenvalue weighted by molar-refractivity contribution is 7.99. The first-order valence-corrected chi connectivity index (χ1v) is 8.91. The summed E-state index contributed by atoms with van der Waals surface area (Å²) in [7, 11) is 0. The summed E-state index contributed by atoms with van der Waals surface area (Å²) >= 11 is 1.15. The van der Waals surface area contributed by atoms with Gasteiger partial charge in [-0.2, -0.15) is 0 Å². The minimum atomic E-state index is -4.76. The fraction of sp³-hybridized carbons (Fsp3) is 0.353. The third-order valence-corrected chi connectivity index (χ3v) is 5.08. The summed E-state index contributed by atoms with van der Waals surface area (Å²) in [6, 6.07) is 6.89. The number of nitrogens with zero attached hydrogens (tertiary/aromatic N) is 1. The molecule has 1 fully saturated rings. The summed E-state index contributed by atoms with van der Waals surface area (Å²) < 4.78 is 46.1. The maximum atomic E-state index is 12.2. The van der Waals surface area contributed by atoms with Crippen molar-refractivity contribution >= 4 is 11.8 Å². The molecule has 2 heterocycles. The van der Waals surface area contributed by atoms with Gasteiger partial charge < -0.3 is 24.8 Å². The molecular formula is C17H16F3NO5S. The molecule has 1 aromatic carbocycles. The van der Waals surface area contributed by atoms with Crippen LogP contribution in [0.5, 0.6) is 11.5 Å². The zero-order chi connectivity index (χ0) is 19.6. The highest BCUT2D eigenvalue weighted by Crippen LogP contribution is 2.31. The molecule has 0 bridgehead atoms. The predicted molar refractivity (Wildman–Crippen MR) is 91.3 cm³/mol. The van der Waals surface area contributed by atoms with Crippen molar-refractivity contribution in [3.05, 3.63) is 42.7 Å². The van der Waals surface area contributed by atoms with Crippen LogP contribution in [0.2, 0.25) is 0 Å². The van der Waals surface area contributed by atoms with E-state index in [1.54, 1.807) is 6.07 Å². The van der Waals surface area contributed by atoms with Gasteiger partial charge in [0.25, 0.3) is 0 Å². The lowest BCUT2D eigenvalue weighted by Crippen LogP contribution is -2.50. The number of hydrogen-bond donors (Lipinski definition) is 3. The van der Waals surface area contributed by atoms with Crippen molar-refractivity contribution in [2.45, 2.75) is 30.1 Å². The van der Waals surface area contributed by atoms with Gasteiger partial charge in [0, 0.05) is 17.5 Å². The molecule has 3 N–H and O–H groups in total. The Bertz CT molecular complexity index is 774. The molecule has 10 heteroatoms. The number of pyridine rings is 1. The van der Waals surface area contributed by atoms with Crippen molar-refractivity contribution < 1.29 is 38.0 Å². The van der Waals surface area contributed by atoms with Gasteiger partial charge in [-0.15, -0.1) is 24.9 Å². The van der Waals surface area contributed by atoms with Crippen LogP contribution < -0.4 is 9.47 Å². The van der Waals surface area contributed by atoms with E-state index < -0.39 is 30.1 Å². The van der Waals surface area contributed by atoms with Gasteiger partial charge in [-0.1, -0.05) is 12.1 Å². The van der Waals surface area contributed by atoms with Crippen molar-refractivity contribution in [3.63, 3.8) is 0 Å². The van der Waals surface area contributed by atoms with E-state index >= 15 is 0 Å². The second kappa shape index (κ2) is 7.93. The normalized spacial score (nSPS) is 25.9. The zero-order valence-corrected chi connectivity index (χ0v) is 14.5. The standard InChI is InChI=1S/C17H16F3NO5S/c18-17(19,20)26-11-3-1-9(2-4-11)10-5-12(7-21-6-10)25-16-15(24)14(23)13(22)8-27-16/h1-7,13-16,22-24H,8H2/t13-,14+,15-,16-/m1/s1. The Balaban J connectivity index is 1.72. The van der Waals surface area contributed by atoms with E-state index in [9.17, 15) is 28.5 Å². The second-order valence-corrected chi connectivity index (χ2v) is 6.98. The van der Waals surface area contributed by atoms with E-state index in [0.717, 1.165) is 11.8 Å². The fourth-order valence-electron chi connectivity index (χ4n) is 2.51. The maximum absolute atomic E-state index is 12.2. The molecule has 1 saturated heterocycles. The van der Waals surface area contributed by atoms with Crippen LogP contribution in [0.25, 0.3) is 11.1 Å². The first-order chi connectivity index (χ1) is 12.7. The highest BCUT2D eigenvalue weighted by atomic mass is 32.2. The summed E-state index contributed by atoms with van der Waals surface area (Å²) in [5.41, 5.74) is 0.389. The number of halogens is 3. The lowest BCUT2D eigenvalue weighted by molar-refractivity contribution is -0.274. The minimum absolute atomic E-state index is 0.205. The van der Waals surface area contributed by atoms with Gasteiger partial charge in [0.2, 0.25) is 0 Å². The number of ether oxygens (including phenoxy) is 2. The second-order valence-electron chi connectivity index (χ2n) is 5.85. The van der Waals surface area contributed by atoms with Crippen LogP contribution >= 0.6 is 11.8 Å². The molecular weight excluding hydrogens is 387 g/mol.